The van der Waals surface area contributed by atoms with Gasteiger partial charge in [0.15, 0.2) is 0 Å². The van der Waals surface area contributed by atoms with Crippen molar-refractivity contribution >= 4 is 30.5 Å². The van der Waals surface area contributed by atoms with Gasteiger partial charge in [-0.05, 0) is 35.2 Å². The maximum atomic E-state index is 11.0. The Labute approximate surface area is 106 Å². The molecule has 0 spiro atoms. The molecule has 2 aromatic rings. The van der Waals surface area contributed by atoms with Gasteiger partial charge in [0.1, 0.15) is 0 Å². The van der Waals surface area contributed by atoms with Crippen LogP contribution in [-0.4, -0.2) is 14.2 Å². The molecule has 0 heterocycles. The van der Waals surface area contributed by atoms with Gasteiger partial charge in [-0.25, -0.2) is 8.42 Å². The van der Waals surface area contributed by atoms with Gasteiger partial charge in [-0.2, -0.15) is 0 Å². The van der Waals surface area contributed by atoms with Crippen LogP contribution >= 0.6 is 10.7 Å². The molecule has 0 atom stereocenters. The van der Waals surface area contributed by atoms with Gasteiger partial charge in [-0.15, -0.1) is 0 Å². The van der Waals surface area contributed by atoms with Crippen molar-refractivity contribution in [3.05, 3.63) is 47.5 Å². The molecule has 4 heteroatoms. The van der Waals surface area contributed by atoms with Crippen LogP contribution in [0.5, 0.6) is 0 Å². The molecule has 0 saturated heterocycles. The molecule has 2 aromatic carbocycles. The molecule has 17 heavy (non-hydrogen) atoms. The van der Waals surface area contributed by atoms with Gasteiger partial charge in [-0.1, -0.05) is 36.4 Å². The van der Waals surface area contributed by atoms with Crippen LogP contribution < -0.4 is 0 Å². The van der Waals surface area contributed by atoms with Gasteiger partial charge in [0.2, 0.25) is 9.05 Å². The first-order chi connectivity index (χ1) is 7.97. The molecule has 0 aromatic heterocycles. The summed E-state index contributed by atoms with van der Waals surface area (Å²) < 4.78 is 21.9. The number of hydrogen-bond donors (Lipinski definition) is 0. The highest BCUT2D eigenvalue weighted by atomic mass is 35.7. The molecule has 0 radical (unpaired) electrons. The lowest BCUT2D eigenvalue weighted by molar-refractivity contribution is 0.609. The molecule has 0 unspecified atom stereocenters. The van der Waals surface area contributed by atoms with Crippen LogP contribution in [0.2, 0.25) is 0 Å². The average Bonchev–Trinajstić information content (AvgIpc) is 2.27. The van der Waals surface area contributed by atoms with Crippen LogP contribution in [0, 0.1) is 6.92 Å². The molecule has 0 aliphatic rings. The molecule has 2 rings (SSSR count). The van der Waals surface area contributed by atoms with E-state index in [1.807, 2.05) is 43.3 Å². The van der Waals surface area contributed by atoms with E-state index in [0.717, 1.165) is 16.3 Å². The molecule has 90 valence electrons. The van der Waals surface area contributed by atoms with Crippen molar-refractivity contribution in [2.45, 2.75) is 13.3 Å². The van der Waals surface area contributed by atoms with E-state index in [1.54, 1.807) is 0 Å². The molecular formula is C13H13ClO2S. The molecule has 0 amide bonds. The molecule has 0 bridgehead atoms. The SMILES string of the molecule is Cc1ccc(CCS(=O)(=O)Cl)c2ccccc12. The quantitative estimate of drug-likeness (QED) is 0.801. The summed E-state index contributed by atoms with van der Waals surface area (Å²) in [6.45, 7) is 2.05. The van der Waals surface area contributed by atoms with E-state index in [9.17, 15) is 8.42 Å². The highest BCUT2D eigenvalue weighted by Gasteiger charge is 2.08. The maximum absolute atomic E-state index is 11.0. The largest absolute Gasteiger partial charge is 0.232 e. The fourth-order valence-corrected chi connectivity index (χ4v) is 2.66. The van der Waals surface area contributed by atoms with Crippen molar-refractivity contribution in [1.82, 2.24) is 0 Å². The molecule has 2 nitrogen and oxygen atoms in total. The Kier molecular flexibility index (Phi) is 3.40. The number of halogens is 1. The summed E-state index contributed by atoms with van der Waals surface area (Å²) in [5.41, 5.74) is 2.22. The minimum Gasteiger partial charge on any atom is -0.212 e. The number of rotatable bonds is 3. The monoisotopic (exact) mass is 268 g/mol. The van der Waals surface area contributed by atoms with Crippen LogP contribution in [0.4, 0.5) is 0 Å². The summed E-state index contributed by atoms with van der Waals surface area (Å²) in [5.74, 6) is -0.0262. The zero-order valence-corrected chi connectivity index (χ0v) is 11.1. The fourth-order valence-electron chi connectivity index (χ4n) is 1.96. The Balaban J connectivity index is 2.45. The number of fused-ring (bicyclic) bond motifs is 1. The third kappa shape index (κ3) is 2.99. The van der Waals surface area contributed by atoms with E-state index in [1.165, 1.54) is 5.56 Å². The van der Waals surface area contributed by atoms with Gasteiger partial charge in [-0.3, -0.25) is 0 Å². The van der Waals surface area contributed by atoms with Gasteiger partial charge >= 0.3 is 0 Å². The zero-order chi connectivity index (χ0) is 12.5. The zero-order valence-electron chi connectivity index (χ0n) is 9.48. The minimum absolute atomic E-state index is 0.0262. The molecular weight excluding hydrogens is 256 g/mol. The van der Waals surface area contributed by atoms with Crippen LogP contribution in [-0.2, 0) is 15.5 Å². The van der Waals surface area contributed by atoms with Crippen LogP contribution in [0.3, 0.4) is 0 Å². The molecule has 0 saturated carbocycles. The Hall–Kier alpha value is -1.06. The van der Waals surface area contributed by atoms with E-state index in [0.29, 0.717) is 6.42 Å². The number of hydrogen-bond acceptors (Lipinski definition) is 2. The topological polar surface area (TPSA) is 34.1 Å². The number of benzene rings is 2. The Morgan fingerprint density at radius 2 is 1.71 bits per heavy atom. The summed E-state index contributed by atoms with van der Waals surface area (Å²) in [5, 5.41) is 2.27. The third-order valence-electron chi connectivity index (χ3n) is 2.85. The lowest BCUT2D eigenvalue weighted by Crippen LogP contribution is -2.01. The van der Waals surface area contributed by atoms with E-state index in [2.05, 4.69) is 0 Å². The first-order valence-electron chi connectivity index (χ1n) is 5.37. The first kappa shape index (κ1) is 12.4. The smallest absolute Gasteiger partial charge is 0.212 e. The van der Waals surface area contributed by atoms with E-state index in [4.69, 9.17) is 10.7 Å². The normalized spacial score (nSPS) is 11.9. The van der Waals surface area contributed by atoms with E-state index in [-0.39, 0.29) is 5.75 Å². The Morgan fingerprint density at radius 1 is 1.06 bits per heavy atom. The maximum Gasteiger partial charge on any atom is 0.232 e. The average molecular weight is 269 g/mol. The second-order valence-corrected chi connectivity index (χ2v) is 6.98. The predicted molar refractivity (Wildman–Crippen MR) is 72.0 cm³/mol. The molecule has 0 aliphatic carbocycles. The molecule has 0 N–H and O–H groups in total. The van der Waals surface area contributed by atoms with Gasteiger partial charge in [0.25, 0.3) is 0 Å². The van der Waals surface area contributed by atoms with Crippen LogP contribution in [0.1, 0.15) is 11.1 Å². The standard InChI is InChI=1S/C13H13ClO2S/c1-10-6-7-11(8-9-17(14,15)16)13-5-3-2-4-12(10)13/h2-7H,8-9H2,1H3. The predicted octanol–water partition coefficient (Wildman–Crippen LogP) is 3.26. The molecule has 0 fully saturated rings. The van der Waals surface area contributed by atoms with Crippen molar-refractivity contribution in [2.24, 2.45) is 0 Å². The second kappa shape index (κ2) is 4.67. The van der Waals surface area contributed by atoms with Gasteiger partial charge in [0, 0.05) is 10.7 Å². The summed E-state index contributed by atoms with van der Waals surface area (Å²) >= 11 is 0. The van der Waals surface area contributed by atoms with Crippen molar-refractivity contribution < 1.29 is 8.42 Å². The molecule has 0 aliphatic heterocycles. The Morgan fingerprint density at radius 3 is 2.35 bits per heavy atom. The lowest BCUT2D eigenvalue weighted by Gasteiger charge is -2.08. The second-order valence-electron chi connectivity index (χ2n) is 4.08. The van der Waals surface area contributed by atoms with Crippen LogP contribution in [0.15, 0.2) is 36.4 Å². The third-order valence-corrected chi connectivity index (χ3v) is 4.00. The van der Waals surface area contributed by atoms with Gasteiger partial charge < -0.3 is 0 Å². The Bertz CT molecular complexity index is 648. The van der Waals surface area contributed by atoms with Crippen molar-refractivity contribution in [1.29, 1.82) is 0 Å². The highest BCUT2D eigenvalue weighted by molar-refractivity contribution is 8.13. The van der Waals surface area contributed by atoms with Crippen molar-refractivity contribution in [3.8, 4) is 0 Å². The fraction of sp³-hybridized carbons (Fsp3) is 0.231. The van der Waals surface area contributed by atoms with Crippen LogP contribution in [0.25, 0.3) is 10.8 Å². The summed E-state index contributed by atoms with van der Waals surface area (Å²) in [4.78, 5) is 0. The van der Waals surface area contributed by atoms with Crippen molar-refractivity contribution in [2.75, 3.05) is 5.75 Å². The summed E-state index contributed by atoms with van der Waals surface area (Å²) in [6.07, 6.45) is 0.451. The lowest BCUT2D eigenvalue weighted by atomic mass is 9.99. The van der Waals surface area contributed by atoms with Crippen molar-refractivity contribution in [3.63, 3.8) is 0 Å². The number of aryl methyl sites for hydroxylation is 2. The minimum atomic E-state index is -3.43. The highest BCUT2D eigenvalue weighted by Crippen LogP contribution is 2.23. The van der Waals surface area contributed by atoms with Gasteiger partial charge in [0.05, 0.1) is 5.75 Å². The van der Waals surface area contributed by atoms with E-state index >= 15 is 0 Å². The first-order valence-corrected chi connectivity index (χ1v) is 7.85. The summed E-state index contributed by atoms with van der Waals surface area (Å²) in [6, 6.07) is 12.0. The van der Waals surface area contributed by atoms with E-state index < -0.39 is 9.05 Å². The summed E-state index contributed by atoms with van der Waals surface area (Å²) in [7, 11) is 1.81.